The van der Waals surface area contributed by atoms with Gasteiger partial charge in [0.2, 0.25) is 5.91 Å². The first-order valence-corrected chi connectivity index (χ1v) is 11.4. The number of carbonyl (C=O) groups excluding carboxylic acids is 2. The van der Waals surface area contributed by atoms with Crippen molar-refractivity contribution in [2.45, 2.75) is 85.1 Å². The van der Waals surface area contributed by atoms with Crippen LogP contribution in [0.2, 0.25) is 0 Å². The molecule has 4 rings (SSSR count). The molecular formula is C23H39N3O2Y-2. The molecule has 29 heavy (non-hydrogen) atoms. The van der Waals surface area contributed by atoms with Crippen molar-refractivity contribution in [1.29, 1.82) is 0 Å². The van der Waals surface area contributed by atoms with Gasteiger partial charge in [0.25, 0.3) is 5.91 Å². The molecular weight excluding hydrogens is 439 g/mol. The smallest absolute Gasteiger partial charge is 0.253 e. The third-order valence-corrected chi connectivity index (χ3v) is 5.80. The van der Waals surface area contributed by atoms with E-state index >= 15 is 0 Å². The fraction of sp³-hybridized carbons (Fsp3) is 0.783. The Labute approximate surface area is 203 Å². The summed E-state index contributed by atoms with van der Waals surface area (Å²) < 4.78 is 0. The molecule has 0 atom stereocenters. The average Bonchev–Trinajstić information content (AvgIpc) is 3.66. The van der Waals surface area contributed by atoms with Crippen LogP contribution < -0.4 is 0 Å². The molecule has 1 radical (unpaired) electrons. The Bertz CT molecular complexity index is 562. The van der Waals surface area contributed by atoms with E-state index in [0.717, 1.165) is 70.4 Å². The van der Waals surface area contributed by atoms with Gasteiger partial charge in [-0.2, -0.15) is 6.92 Å². The van der Waals surface area contributed by atoms with Gasteiger partial charge in [-0.25, -0.2) is 0 Å². The Hall–Kier alpha value is -0.416. The standard InChI is InChI=1S/C19H27N3O2.2C2H6.Y/c1-2-3-4-16-20-19(9-10-19)18(24)22(16)13-14-7-11-21(12-8-14)17(23)15-5-6-15;2*1-2;/h2,4,14-15H,3,5-13H2,1H3;2*1-2H3;/q-2;;;. The number of unbranched alkanes of at least 4 members (excludes halogenated alkanes) is 1. The topological polar surface area (TPSA) is 53.0 Å². The number of aliphatic imine (C=N–C) groups is 1. The van der Waals surface area contributed by atoms with E-state index < -0.39 is 5.54 Å². The second-order valence-corrected chi connectivity index (χ2v) is 7.81. The number of hydrogen-bond acceptors (Lipinski definition) is 3. The van der Waals surface area contributed by atoms with Gasteiger partial charge in [-0.1, -0.05) is 27.7 Å². The van der Waals surface area contributed by atoms with Crippen molar-refractivity contribution in [1.82, 2.24) is 9.80 Å². The molecule has 4 aliphatic rings. The van der Waals surface area contributed by atoms with Crippen LogP contribution in [0.5, 0.6) is 0 Å². The number of amidine groups is 1. The van der Waals surface area contributed by atoms with Crippen LogP contribution in [-0.2, 0) is 42.3 Å². The molecule has 2 aliphatic heterocycles. The third kappa shape index (κ3) is 6.53. The van der Waals surface area contributed by atoms with Crippen LogP contribution in [0.25, 0.3) is 0 Å². The van der Waals surface area contributed by atoms with Gasteiger partial charge in [0.05, 0.1) is 0 Å². The Morgan fingerprint density at radius 2 is 1.69 bits per heavy atom. The molecule has 3 fully saturated rings. The van der Waals surface area contributed by atoms with Crippen LogP contribution in [0.15, 0.2) is 4.99 Å². The summed E-state index contributed by atoms with van der Waals surface area (Å²) in [4.78, 5) is 33.6. The molecule has 0 bridgehead atoms. The molecule has 2 heterocycles. The fourth-order valence-electron chi connectivity index (χ4n) is 3.86. The summed E-state index contributed by atoms with van der Waals surface area (Å²) in [6.45, 7) is 12.5. The Morgan fingerprint density at radius 3 is 2.17 bits per heavy atom. The fourth-order valence-corrected chi connectivity index (χ4v) is 3.86. The summed E-state index contributed by atoms with van der Waals surface area (Å²) in [5, 5.41) is 0. The summed E-state index contributed by atoms with van der Waals surface area (Å²) in [7, 11) is 0. The van der Waals surface area contributed by atoms with Crippen molar-refractivity contribution in [3.63, 3.8) is 0 Å². The maximum Gasteiger partial charge on any atom is 0.253 e. The van der Waals surface area contributed by atoms with Gasteiger partial charge < -0.3 is 22.6 Å². The zero-order chi connectivity index (χ0) is 20.7. The first kappa shape index (κ1) is 26.6. The van der Waals surface area contributed by atoms with Crippen molar-refractivity contribution >= 4 is 17.6 Å². The Balaban J connectivity index is 0.000000794. The van der Waals surface area contributed by atoms with Gasteiger partial charge in [-0.3, -0.25) is 21.0 Å². The van der Waals surface area contributed by atoms with Crippen molar-refractivity contribution in [3.05, 3.63) is 12.8 Å². The van der Waals surface area contributed by atoms with Crippen LogP contribution in [0.1, 0.15) is 79.6 Å². The molecule has 0 aromatic rings. The monoisotopic (exact) mass is 478 g/mol. The van der Waals surface area contributed by atoms with Crippen molar-refractivity contribution in [2.75, 3.05) is 19.6 Å². The van der Waals surface area contributed by atoms with E-state index in [-0.39, 0.29) is 38.6 Å². The molecule has 0 unspecified atom stereocenters. The Morgan fingerprint density at radius 1 is 1.10 bits per heavy atom. The van der Waals surface area contributed by atoms with E-state index in [9.17, 15) is 9.59 Å². The predicted molar refractivity (Wildman–Crippen MR) is 115 cm³/mol. The second kappa shape index (κ2) is 12.4. The molecule has 2 aliphatic carbocycles. The minimum absolute atomic E-state index is 0. The van der Waals surface area contributed by atoms with Gasteiger partial charge in [0.15, 0.2) is 0 Å². The second-order valence-electron chi connectivity index (χ2n) is 7.81. The zero-order valence-electron chi connectivity index (χ0n) is 19.1. The van der Waals surface area contributed by atoms with E-state index in [1.807, 2.05) is 44.4 Å². The summed E-state index contributed by atoms with van der Waals surface area (Å²) in [6.07, 6.45) is 11.0. The summed E-state index contributed by atoms with van der Waals surface area (Å²) >= 11 is 0. The first-order valence-electron chi connectivity index (χ1n) is 11.4. The normalized spacial score (nSPS) is 22.0. The van der Waals surface area contributed by atoms with Gasteiger partial charge >= 0.3 is 0 Å². The van der Waals surface area contributed by atoms with Crippen LogP contribution in [0.3, 0.4) is 0 Å². The predicted octanol–water partition coefficient (Wildman–Crippen LogP) is 4.28. The molecule has 163 valence electrons. The van der Waals surface area contributed by atoms with Crippen LogP contribution in [0.4, 0.5) is 0 Å². The van der Waals surface area contributed by atoms with E-state index in [1.165, 1.54) is 0 Å². The van der Waals surface area contributed by atoms with Crippen LogP contribution in [-0.4, -0.2) is 52.6 Å². The zero-order valence-corrected chi connectivity index (χ0v) is 22.0. The third-order valence-electron chi connectivity index (χ3n) is 5.80. The molecule has 1 saturated heterocycles. The SMILES string of the molecule is CC.CC.C[CH-]C[CH-]C1=NC2(CC2)C(=O)N1CC1CCN(C(=O)C2CC2)CC1.[Y]. The number of hydrogen-bond donors (Lipinski definition) is 0. The van der Waals surface area contributed by atoms with Crippen LogP contribution >= 0.6 is 0 Å². The molecule has 0 aromatic carbocycles. The average molecular weight is 478 g/mol. The molecule has 2 saturated carbocycles. The maximum absolute atomic E-state index is 12.7. The van der Waals surface area contributed by atoms with Crippen LogP contribution in [0, 0.1) is 24.7 Å². The molecule has 5 nitrogen and oxygen atoms in total. The van der Waals surface area contributed by atoms with Crippen molar-refractivity contribution in [2.24, 2.45) is 16.8 Å². The van der Waals surface area contributed by atoms with Gasteiger partial charge in [0.1, 0.15) is 5.54 Å². The van der Waals surface area contributed by atoms with Gasteiger partial charge in [-0.15, -0.1) is 0 Å². The molecule has 0 N–H and O–H groups in total. The van der Waals surface area contributed by atoms with Gasteiger partial charge in [-0.05, 0) is 50.3 Å². The molecule has 0 aromatic heterocycles. The quantitative estimate of drug-likeness (QED) is 0.536. The van der Waals surface area contributed by atoms with Crippen molar-refractivity contribution < 1.29 is 42.3 Å². The number of piperidine rings is 1. The van der Waals surface area contributed by atoms with Gasteiger partial charge in [0, 0.05) is 58.3 Å². The number of nitrogens with zero attached hydrogens (tertiary/aromatic N) is 3. The van der Waals surface area contributed by atoms with E-state index in [2.05, 4.69) is 12.8 Å². The Kier molecular flexibility index (Phi) is 11.4. The summed E-state index contributed by atoms with van der Waals surface area (Å²) in [6, 6.07) is 0. The molecule has 1 spiro atoms. The number of amides is 2. The minimum atomic E-state index is -0.401. The summed E-state index contributed by atoms with van der Waals surface area (Å²) in [5.41, 5.74) is -0.401. The van der Waals surface area contributed by atoms with E-state index in [4.69, 9.17) is 4.99 Å². The largest absolute Gasteiger partial charge is 0.358 e. The van der Waals surface area contributed by atoms with Crippen molar-refractivity contribution in [3.8, 4) is 0 Å². The molecule has 6 heteroatoms. The number of carbonyl (C=O) groups is 2. The first-order chi connectivity index (χ1) is 13.6. The molecule has 2 amide bonds. The van der Waals surface area contributed by atoms with E-state index in [0.29, 0.717) is 17.7 Å². The number of likely N-dealkylation sites (tertiary alicyclic amines) is 1. The minimum Gasteiger partial charge on any atom is -0.358 e. The van der Waals surface area contributed by atoms with E-state index in [1.54, 1.807) is 0 Å². The summed E-state index contributed by atoms with van der Waals surface area (Å²) in [5.74, 6) is 2.25. The maximum atomic E-state index is 12.7. The number of rotatable bonds is 6.